The molecule has 0 atom stereocenters. The third kappa shape index (κ3) is 3.77. The minimum atomic E-state index is -4.06. The van der Waals surface area contributed by atoms with E-state index in [1.807, 2.05) is 0 Å². The molecule has 0 saturated carbocycles. The molecule has 0 aliphatic carbocycles. The predicted molar refractivity (Wildman–Crippen MR) is 94.0 cm³/mol. The molecule has 1 N–H and O–H groups in total. The molecule has 0 bridgehead atoms. The first-order chi connectivity index (χ1) is 11.8. The van der Waals surface area contributed by atoms with Crippen molar-refractivity contribution in [1.29, 1.82) is 0 Å². The Kier molecular flexibility index (Phi) is 4.70. The molecule has 0 spiro atoms. The molecular formula is C16H17FN2O4S2. The minimum Gasteiger partial charge on any atom is -0.280 e. The Hall–Kier alpha value is -2.13. The molecule has 1 aliphatic rings. The molecule has 1 fully saturated rings. The van der Waals surface area contributed by atoms with Crippen LogP contribution in [-0.2, 0) is 20.0 Å². The van der Waals surface area contributed by atoms with Crippen molar-refractivity contribution in [1.82, 2.24) is 0 Å². The second-order valence-electron chi connectivity index (χ2n) is 5.68. The smallest absolute Gasteiger partial charge is 0.264 e. The van der Waals surface area contributed by atoms with Gasteiger partial charge in [0.25, 0.3) is 10.0 Å². The van der Waals surface area contributed by atoms with E-state index in [2.05, 4.69) is 4.72 Å². The second-order valence-corrected chi connectivity index (χ2v) is 9.34. The molecule has 2 aromatic carbocycles. The molecule has 1 aliphatic heterocycles. The van der Waals surface area contributed by atoms with Gasteiger partial charge in [0.2, 0.25) is 10.0 Å². The summed E-state index contributed by atoms with van der Waals surface area (Å²) in [6.07, 6.45) is 1.42. The summed E-state index contributed by atoms with van der Waals surface area (Å²) in [7, 11) is -7.39. The molecule has 134 valence electrons. The number of nitrogens with zero attached hydrogens (tertiary/aromatic N) is 1. The number of nitrogens with one attached hydrogen (secondary N) is 1. The fourth-order valence-electron chi connectivity index (χ4n) is 2.65. The molecular weight excluding hydrogens is 367 g/mol. The van der Waals surface area contributed by atoms with Crippen LogP contribution in [0.5, 0.6) is 0 Å². The summed E-state index contributed by atoms with van der Waals surface area (Å²) in [6, 6.07) is 11.1. The van der Waals surface area contributed by atoms with Crippen molar-refractivity contribution in [3.63, 3.8) is 0 Å². The van der Waals surface area contributed by atoms with Crippen LogP contribution in [0.15, 0.2) is 53.4 Å². The van der Waals surface area contributed by atoms with Gasteiger partial charge in [-0.15, -0.1) is 0 Å². The van der Waals surface area contributed by atoms with E-state index in [1.54, 1.807) is 0 Å². The molecule has 6 nitrogen and oxygen atoms in total. The summed E-state index contributed by atoms with van der Waals surface area (Å²) in [6.45, 7) is 0.405. The summed E-state index contributed by atoms with van der Waals surface area (Å²) >= 11 is 0. The van der Waals surface area contributed by atoms with Gasteiger partial charge in [-0.1, -0.05) is 12.1 Å². The minimum absolute atomic E-state index is 0.106. The summed E-state index contributed by atoms with van der Waals surface area (Å²) in [4.78, 5) is -0.447. The van der Waals surface area contributed by atoms with Crippen LogP contribution in [0.2, 0.25) is 0 Å². The zero-order valence-electron chi connectivity index (χ0n) is 13.2. The first-order valence-corrected chi connectivity index (χ1v) is 10.8. The van der Waals surface area contributed by atoms with Gasteiger partial charge < -0.3 is 0 Å². The second kappa shape index (κ2) is 6.64. The van der Waals surface area contributed by atoms with Crippen molar-refractivity contribution in [2.45, 2.75) is 17.7 Å². The summed E-state index contributed by atoms with van der Waals surface area (Å²) in [5.41, 5.74) is 0.704. The van der Waals surface area contributed by atoms with Crippen LogP contribution in [0.25, 0.3) is 0 Å². The fraction of sp³-hybridized carbons (Fsp3) is 0.250. The van der Waals surface area contributed by atoms with E-state index in [9.17, 15) is 21.2 Å². The number of anilines is 2. The van der Waals surface area contributed by atoms with Gasteiger partial charge in [0.1, 0.15) is 10.7 Å². The van der Waals surface area contributed by atoms with E-state index in [0.717, 1.165) is 12.5 Å². The highest BCUT2D eigenvalue weighted by atomic mass is 32.2. The maximum Gasteiger partial charge on any atom is 0.264 e. The first kappa shape index (κ1) is 17.7. The molecule has 0 amide bonds. The lowest BCUT2D eigenvalue weighted by molar-refractivity contribution is 0.569. The van der Waals surface area contributed by atoms with E-state index in [0.29, 0.717) is 18.7 Å². The third-order valence-corrected chi connectivity index (χ3v) is 7.17. The normalized spacial score (nSPS) is 17.2. The lowest BCUT2D eigenvalue weighted by Crippen LogP contribution is -2.37. The largest absolute Gasteiger partial charge is 0.280 e. The van der Waals surface area contributed by atoms with Crippen molar-refractivity contribution in [2.24, 2.45) is 0 Å². The number of halogens is 1. The summed E-state index contributed by atoms with van der Waals surface area (Å²) in [5.74, 6) is -0.736. The Morgan fingerprint density at radius 2 is 1.68 bits per heavy atom. The van der Waals surface area contributed by atoms with E-state index in [4.69, 9.17) is 0 Å². The molecule has 9 heteroatoms. The van der Waals surface area contributed by atoms with Crippen LogP contribution >= 0.6 is 0 Å². The van der Waals surface area contributed by atoms with Crippen molar-refractivity contribution in [2.75, 3.05) is 21.3 Å². The number of benzene rings is 2. The van der Waals surface area contributed by atoms with Crippen molar-refractivity contribution in [3.05, 3.63) is 54.3 Å². The standard InChI is InChI=1S/C16H17FN2O4S2/c17-15-5-1-2-6-16(15)25(22,23)18-13-7-9-14(10-8-13)19-11-3-4-12-24(19,20)21/h1-2,5-10,18H,3-4,11-12H2. The molecule has 0 aromatic heterocycles. The lowest BCUT2D eigenvalue weighted by Gasteiger charge is -2.28. The molecule has 3 rings (SSSR count). The van der Waals surface area contributed by atoms with Crippen LogP contribution < -0.4 is 9.03 Å². The fourth-order valence-corrected chi connectivity index (χ4v) is 5.43. The van der Waals surface area contributed by atoms with Gasteiger partial charge in [-0.25, -0.2) is 21.2 Å². The van der Waals surface area contributed by atoms with Gasteiger partial charge in [-0.2, -0.15) is 0 Å². The maximum absolute atomic E-state index is 13.7. The highest BCUT2D eigenvalue weighted by Gasteiger charge is 2.26. The van der Waals surface area contributed by atoms with Gasteiger partial charge in [0.05, 0.1) is 11.4 Å². The van der Waals surface area contributed by atoms with Crippen LogP contribution in [-0.4, -0.2) is 29.1 Å². The van der Waals surface area contributed by atoms with E-state index < -0.39 is 30.8 Å². The quantitative estimate of drug-likeness (QED) is 0.878. The zero-order chi connectivity index (χ0) is 18.1. The van der Waals surface area contributed by atoms with E-state index in [-0.39, 0.29) is 11.4 Å². The van der Waals surface area contributed by atoms with Gasteiger partial charge in [-0.3, -0.25) is 9.03 Å². The number of rotatable bonds is 4. The van der Waals surface area contributed by atoms with Crippen LogP contribution in [0.4, 0.5) is 15.8 Å². The third-order valence-electron chi connectivity index (χ3n) is 3.88. The zero-order valence-corrected chi connectivity index (χ0v) is 14.9. The molecule has 0 radical (unpaired) electrons. The van der Waals surface area contributed by atoms with Crippen molar-refractivity contribution in [3.8, 4) is 0 Å². The highest BCUT2D eigenvalue weighted by Crippen LogP contribution is 2.26. The average Bonchev–Trinajstić information content (AvgIpc) is 2.55. The van der Waals surface area contributed by atoms with E-state index in [1.165, 1.54) is 46.8 Å². The lowest BCUT2D eigenvalue weighted by atomic mass is 10.2. The van der Waals surface area contributed by atoms with Crippen LogP contribution in [0, 0.1) is 5.82 Å². The maximum atomic E-state index is 13.7. The summed E-state index contributed by atoms with van der Waals surface area (Å²) < 4.78 is 66.0. The highest BCUT2D eigenvalue weighted by molar-refractivity contribution is 7.93. The van der Waals surface area contributed by atoms with Crippen molar-refractivity contribution >= 4 is 31.4 Å². The monoisotopic (exact) mass is 384 g/mol. The van der Waals surface area contributed by atoms with Gasteiger partial charge in [-0.05, 0) is 49.2 Å². The molecule has 25 heavy (non-hydrogen) atoms. The van der Waals surface area contributed by atoms with Crippen molar-refractivity contribution < 1.29 is 21.2 Å². The summed E-state index contributed by atoms with van der Waals surface area (Å²) in [5, 5.41) is 0. The number of sulfonamides is 2. The van der Waals surface area contributed by atoms with E-state index >= 15 is 0 Å². The number of hydrogen-bond acceptors (Lipinski definition) is 4. The Morgan fingerprint density at radius 3 is 2.32 bits per heavy atom. The Bertz CT molecular complexity index is 973. The number of hydrogen-bond donors (Lipinski definition) is 1. The Balaban J connectivity index is 1.83. The van der Waals surface area contributed by atoms with Crippen LogP contribution in [0.1, 0.15) is 12.8 Å². The topological polar surface area (TPSA) is 83.6 Å². The molecule has 1 heterocycles. The average molecular weight is 384 g/mol. The van der Waals surface area contributed by atoms with Crippen LogP contribution in [0.3, 0.4) is 0 Å². The SMILES string of the molecule is O=S(=O)(Nc1ccc(N2CCCCS2(=O)=O)cc1)c1ccccc1F. The first-order valence-electron chi connectivity index (χ1n) is 7.67. The van der Waals surface area contributed by atoms with Gasteiger partial charge in [0, 0.05) is 12.2 Å². The molecule has 0 unspecified atom stereocenters. The Labute approximate surface area is 146 Å². The molecule has 1 saturated heterocycles. The Morgan fingerprint density at radius 1 is 1.00 bits per heavy atom. The van der Waals surface area contributed by atoms with Gasteiger partial charge in [0.15, 0.2) is 0 Å². The van der Waals surface area contributed by atoms with Gasteiger partial charge >= 0.3 is 0 Å². The predicted octanol–water partition coefficient (Wildman–Crippen LogP) is 2.56. The molecule has 2 aromatic rings.